The molecule has 1 atom stereocenters. The lowest BCUT2D eigenvalue weighted by Crippen LogP contribution is -2.56. The van der Waals surface area contributed by atoms with Gasteiger partial charge in [-0.15, -0.1) is 0 Å². The normalized spacial score (nSPS) is 10.9. The van der Waals surface area contributed by atoms with Crippen LogP contribution < -0.4 is 18.9 Å². The molecular weight excluding hydrogens is 529 g/mol. The van der Waals surface area contributed by atoms with Gasteiger partial charge in [-0.1, -0.05) is 46.7 Å². The van der Waals surface area contributed by atoms with Crippen LogP contribution in [0.4, 0.5) is 4.79 Å². The molecule has 0 aliphatic rings. The number of hydrogen-bond donors (Lipinski definition) is 0. The Morgan fingerprint density at radius 1 is 0.816 bits per heavy atom. The first kappa shape index (κ1) is 28.8. The summed E-state index contributed by atoms with van der Waals surface area (Å²) in [5.41, 5.74) is -1.30. The number of benzene rings is 3. The van der Waals surface area contributed by atoms with E-state index >= 15 is 0 Å². The van der Waals surface area contributed by atoms with E-state index in [0.29, 0.717) is 17.3 Å². The maximum Gasteiger partial charge on any atom is 0.551 e. The number of ether oxygens (including phenoxy) is 5. The topological polar surface area (TPSA) is 101 Å². The molecule has 0 saturated heterocycles. The molecule has 0 saturated carbocycles. The second-order valence-corrected chi connectivity index (χ2v) is 9.43. The molecule has 0 heterocycles. The first-order valence-corrected chi connectivity index (χ1v) is 13.5. The van der Waals surface area contributed by atoms with Crippen molar-refractivity contribution in [2.45, 2.75) is 18.3 Å². The van der Waals surface area contributed by atoms with Crippen molar-refractivity contribution in [2.75, 3.05) is 27.4 Å². The summed E-state index contributed by atoms with van der Waals surface area (Å²) in [4.78, 5) is 27.2. The molecule has 1 unspecified atom stereocenters. The Kier molecular flexibility index (Phi) is 10.8. The molecule has 11 heteroatoms. The molecule has 200 valence electrons. The fourth-order valence-corrected chi connectivity index (χ4v) is 4.77. The lowest BCUT2D eigenvalue weighted by atomic mass is 10.2. The summed E-state index contributed by atoms with van der Waals surface area (Å²) in [5, 5.41) is -0.590. The Morgan fingerprint density at radius 3 is 1.76 bits per heavy atom. The van der Waals surface area contributed by atoms with Gasteiger partial charge >= 0.3 is 20.1 Å². The third-order valence-corrected chi connectivity index (χ3v) is 6.81. The summed E-state index contributed by atoms with van der Waals surface area (Å²) in [6.07, 6.45) is 0. The van der Waals surface area contributed by atoms with Gasteiger partial charge < -0.3 is 23.7 Å². The quantitative estimate of drug-likeness (QED) is 0.148. The number of amides is 1. The lowest BCUT2D eigenvalue weighted by molar-refractivity contribution is -0.158. The highest BCUT2D eigenvalue weighted by Crippen LogP contribution is 2.37. The average molecular weight is 559 g/mol. The second-order valence-electron chi connectivity index (χ2n) is 7.67. The lowest BCUT2D eigenvalue weighted by Gasteiger charge is -2.32. The molecule has 0 radical (unpaired) electrons. The van der Waals surface area contributed by atoms with Crippen LogP contribution in [0.3, 0.4) is 0 Å². The van der Waals surface area contributed by atoms with Crippen LogP contribution in [0, 0.1) is 0 Å². The predicted molar refractivity (Wildman–Crippen MR) is 145 cm³/mol. The SMILES string of the molecule is CCOC(=O)CN(C(=O)SCc1ccccc1)C(Oc1ccc(OC)cc1)(Oc1ccc(OC)cc1)[PH+]=O. The number of methoxy groups -OCH3 is 2. The summed E-state index contributed by atoms with van der Waals surface area (Å²) >= 11 is 0.918. The van der Waals surface area contributed by atoms with Crippen LogP contribution in [0.15, 0.2) is 78.9 Å². The van der Waals surface area contributed by atoms with Crippen molar-refractivity contribution in [3.8, 4) is 23.0 Å². The highest BCUT2D eigenvalue weighted by Gasteiger charge is 2.56. The Bertz CT molecular complexity index is 1140. The molecule has 3 aromatic carbocycles. The summed E-state index contributed by atoms with van der Waals surface area (Å²) in [6, 6.07) is 22.2. The molecule has 0 spiro atoms. The molecular formula is C27H29NO8PS+. The molecule has 38 heavy (non-hydrogen) atoms. The fraction of sp³-hybridized carbons (Fsp3) is 0.259. The summed E-state index contributed by atoms with van der Waals surface area (Å²) in [7, 11) is 1.68. The monoisotopic (exact) mass is 558 g/mol. The van der Waals surface area contributed by atoms with Crippen LogP contribution in [0.2, 0.25) is 0 Å². The van der Waals surface area contributed by atoms with Crippen molar-refractivity contribution in [1.82, 2.24) is 4.90 Å². The van der Waals surface area contributed by atoms with Crippen LogP contribution in [-0.4, -0.2) is 49.1 Å². The first-order valence-electron chi connectivity index (χ1n) is 11.6. The number of nitrogens with zero attached hydrogens (tertiary/aromatic N) is 1. The van der Waals surface area contributed by atoms with E-state index in [1.54, 1.807) is 55.5 Å². The van der Waals surface area contributed by atoms with Crippen molar-refractivity contribution >= 4 is 31.4 Å². The largest absolute Gasteiger partial charge is 0.551 e. The minimum Gasteiger partial charge on any atom is -0.497 e. The van der Waals surface area contributed by atoms with Gasteiger partial charge in [0.25, 0.3) is 5.24 Å². The van der Waals surface area contributed by atoms with E-state index in [1.165, 1.54) is 14.2 Å². The van der Waals surface area contributed by atoms with E-state index in [2.05, 4.69) is 0 Å². The standard InChI is InChI=1S/C27H28NO8PS/c1-4-34-25(29)18-28(26(30)38-19-20-8-6-5-7-9-20)27(37-31,35-23-14-10-21(32-2)11-15-23)36-24-16-12-22(33-3)13-17-24/h5-17H,4,18-19H2,1-3H3/p+1. The number of carbonyl (C=O) groups excluding carboxylic acids is 2. The van der Waals surface area contributed by atoms with Gasteiger partial charge in [-0.3, -0.25) is 9.59 Å². The third kappa shape index (κ3) is 7.87. The molecule has 0 bridgehead atoms. The van der Waals surface area contributed by atoms with Crippen molar-refractivity contribution in [3.05, 3.63) is 84.4 Å². The number of carbonyl (C=O) groups is 2. The van der Waals surface area contributed by atoms with E-state index in [9.17, 15) is 14.2 Å². The molecule has 3 aromatic rings. The molecule has 9 nitrogen and oxygen atoms in total. The molecule has 1 amide bonds. The van der Waals surface area contributed by atoms with E-state index in [0.717, 1.165) is 22.2 Å². The minimum absolute atomic E-state index is 0.101. The van der Waals surface area contributed by atoms with Crippen LogP contribution in [0.1, 0.15) is 12.5 Å². The van der Waals surface area contributed by atoms with Crippen molar-refractivity contribution in [3.63, 3.8) is 0 Å². The Labute approximate surface area is 227 Å². The zero-order valence-electron chi connectivity index (χ0n) is 21.2. The second kappa shape index (κ2) is 14.3. The smallest absolute Gasteiger partial charge is 0.497 e. The maximum absolute atomic E-state index is 13.6. The molecule has 3 rings (SSSR count). The molecule has 0 N–H and O–H groups in total. The van der Waals surface area contributed by atoms with Gasteiger partial charge in [0.15, 0.2) is 0 Å². The van der Waals surface area contributed by atoms with Crippen molar-refractivity contribution in [1.29, 1.82) is 0 Å². The Morgan fingerprint density at radius 2 is 1.32 bits per heavy atom. The summed E-state index contributed by atoms with van der Waals surface area (Å²) < 4.78 is 40.6. The molecule has 0 aliphatic carbocycles. The molecule has 0 fully saturated rings. The number of esters is 1. The predicted octanol–water partition coefficient (Wildman–Crippen LogP) is 5.72. The van der Waals surface area contributed by atoms with Gasteiger partial charge in [0.1, 0.15) is 29.5 Å². The third-order valence-electron chi connectivity index (χ3n) is 5.13. The first-order chi connectivity index (χ1) is 18.4. The number of thioether (sulfide) groups is 1. The fourth-order valence-electron chi connectivity index (χ4n) is 3.26. The van der Waals surface area contributed by atoms with E-state index < -0.39 is 31.9 Å². The average Bonchev–Trinajstić information content (AvgIpc) is 2.95. The van der Waals surface area contributed by atoms with E-state index in [1.807, 2.05) is 30.3 Å². The number of hydrogen-bond acceptors (Lipinski definition) is 9. The van der Waals surface area contributed by atoms with Crippen LogP contribution >= 0.6 is 20.2 Å². The Hall–Kier alpha value is -3.75. The van der Waals surface area contributed by atoms with Gasteiger partial charge in [0, 0.05) is 5.75 Å². The van der Waals surface area contributed by atoms with Crippen molar-refractivity contribution in [2.24, 2.45) is 0 Å². The zero-order chi connectivity index (χ0) is 27.4. The highest BCUT2D eigenvalue weighted by molar-refractivity contribution is 8.12. The summed E-state index contributed by atoms with van der Waals surface area (Å²) in [5.74, 6) is 1.21. The molecule has 0 aliphatic heterocycles. The Balaban J connectivity index is 2.01. The highest BCUT2D eigenvalue weighted by atomic mass is 32.2. The van der Waals surface area contributed by atoms with Gasteiger partial charge in [0.05, 0.1) is 20.8 Å². The summed E-state index contributed by atoms with van der Waals surface area (Å²) in [6.45, 7) is 1.19. The van der Waals surface area contributed by atoms with Gasteiger partial charge in [0.2, 0.25) is 0 Å². The zero-order valence-corrected chi connectivity index (χ0v) is 23.1. The van der Waals surface area contributed by atoms with Crippen LogP contribution in [-0.2, 0) is 19.8 Å². The van der Waals surface area contributed by atoms with Gasteiger partial charge in [-0.05, 0) is 61.0 Å². The van der Waals surface area contributed by atoms with Crippen LogP contribution in [0.5, 0.6) is 23.0 Å². The van der Waals surface area contributed by atoms with Gasteiger partial charge in [-0.25, -0.2) is 4.90 Å². The van der Waals surface area contributed by atoms with E-state index in [-0.39, 0.29) is 18.1 Å². The van der Waals surface area contributed by atoms with Crippen molar-refractivity contribution < 1.29 is 37.8 Å². The maximum atomic E-state index is 13.6. The van der Waals surface area contributed by atoms with E-state index in [4.69, 9.17) is 23.7 Å². The van der Waals surface area contributed by atoms with Crippen LogP contribution in [0.25, 0.3) is 0 Å². The number of rotatable bonds is 13. The molecule has 0 aromatic heterocycles. The minimum atomic E-state index is -2.20. The van der Waals surface area contributed by atoms with Gasteiger partial charge in [-0.2, -0.15) is 0 Å².